The molecule has 1 heterocycles. The predicted octanol–water partition coefficient (Wildman–Crippen LogP) is 4.23. The van der Waals surface area contributed by atoms with E-state index in [-0.39, 0.29) is 16.9 Å². The second-order valence-corrected chi connectivity index (χ2v) is 8.04. The van der Waals surface area contributed by atoms with Gasteiger partial charge in [-0.1, -0.05) is 49.2 Å². The molecule has 0 saturated heterocycles. The van der Waals surface area contributed by atoms with Crippen molar-refractivity contribution in [1.29, 1.82) is 0 Å². The maximum absolute atomic E-state index is 14.0. The highest BCUT2D eigenvalue weighted by atomic mass is 19.3. The number of hydrogen-bond acceptors (Lipinski definition) is 5. The van der Waals surface area contributed by atoms with Gasteiger partial charge in [-0.15, -0.1) is 0 Å². The van der Waals surface area contributed by atoms with Gasteiger partial charge in [0.1, 0.15) is 12.4 Å². The van der Waals surface area contributed by atoms with Crippen molar-refractivity contribution in [2.75, 3.05) is 26.3 Å². The maximum Gasteiger partial charge on any atom is 0.296 e. The van der Waals surface area contributed by atoms with Crippen molar-refractivity contribution >= 4 is 10.9 Å². The first-order valence-electron chi connectivity index (χ1n) is 11.1. The molecule has 3 aromatic rings. The number of aromatic amines is 1. The third-order valence-electron chi connectivity index (χ3n) is 5.48. The van der Waals surface area contributed by atoms with Crippen molar-refractivity contribution in [2.45, 2.75) is 37.7 Å². The van der Waals surface area contributed by atoms with Gasteiger partial charge in [0, 0.05) is 30.2 Å². The van der Waals surface area contributed by atoms with E-state index in [2.05, 4.69) is 10.3 Å². The Morgan fingerprint density at radius 1 is 1.00 bits per heavy atom. The minimum Gasteiger partial charge on any atom is -0.506 e. The Morgan fingerprint density at radius 3 is 2.55 bits per heavy atom. The first kappa shape index (κ1) is 24.8. The average Bonchev–Trinajstić information content (AvgIpc) is 2.81. The number of alkyl halides is 2. The summed E-state index contributed by atoms with van der Waals surface area (Å²) < 4.78 is 33.2. The number of nitrogens with one attached hydrogen (secondary N) is 2. The second kappa shape index (κ2) is 11.9. The van der Waals surface area contributed by atoms with Crippen molar-refractivity contribution in [3.05, 3.63) is 76.1 Å². The van der Waals surface area contributed by atoms with Crippen LogP contribution < -0.4 is 10.9 Å². The second-order valence-electron chi connectivity index (χ2n) is 8.04. The van der Waals surface area contributed by atoms with Gasteiger partial charge in [0.2, 0.25) is 5.56 Å². The van der Waals surface area contributed by atoms with Gasteiger partial charge in [-0.25, -0.2) is 0 Å². The Hall–Kier alpha value is -2.81. The number of benzene rings is 2. The van der Waals surface area contributed by atoms with E-state index in [0.29, 0.717) is 42.6 Å². The van der Waals surface area contributed by atoms with Crippen LogP contribution in [-0.2, 0) is 10.7 Å². The minimum absolute atomic E-state index is 0.0353. The fourth-order valence-electron chi connectivity index (χ4n) is 3.67. The Labute approximate surface area is 191 Å². The monoisotopic (exact) mass is 460 g/mol. The molecule has 0 amide bonds. The number of halogens is 2. The number of ether oxygens (including phenoxy) is 1. The van der Waals surface area contributed by atoms with E-state index in [1.807, 2.05) is 0 Å². The van der Waals surface area contributed by atoms with E-state index in [0.717, 1.165) is 19.3 Å². The lowest BCUT2D eigenvalue weighted by Crippen LogP contribution is -2.23. The number of hydrogen-bond donors (Lipinski definition) is 4. The fraction of sp³-hybridized carbons (Fsp3) is 0.400. The molecular formula is C25H30F2N2O4. The molecule has 1 atom stereocenters. The lowest BCUT2D eigenvalue weighted by molar-refractivity contribution is -0.0831. The smallest absolute Gasteiger partial charge is 0.296 e. The lowest BCUT2D eigenvalue weighted by atomic mass is 10.0. The highest BCUT2D eigenvalue weighted by molar-refractivity contribution is 5.87. The van der Waals surface area contributed by atoms with E-state index in [1.165, 1.54) is 24.3 Å². The molecule has 0 aliphatic carbocycles. The summed E-state index contributed by atoms with van der Waals surface area (Å²) >= 11 is 0. The SMILES string of the molecule is O=c1ccc2c(C(O)CNCCCCCCOCC(F)(F)c3ccccc3)ccc(O)c2[nH]1. The first-order chi connectivity index (χ1) is 15.9. The van der Waals surface area contributed by atoms with Crippen molar-refractivity contribution < 1.29 is 23.7 Å². The number of aliphatic hydroxyl groups is 1. The lowest BCUT2D eigenvalue weighted by Gasteiger charge is -2.16. The average molecular weight is 461 g/mol. The van der Waals surface area contributed by atoms with Crippen molar-refractivity contribution in [1.82, 2.24) is 10.3 Å². The largest absolute Gasteiger partial charge is 0.506 e. The zero-order valence-corrected chi connectivity index (χ0v) is 18.4. The summed E-state index contributed by atoms with van der Waals surface area (Å²) in [5.74, 6) is -3.02. The van der Waals surface area contributed by atoms with Crippen LogP contribution in [0.15, 0.2) is 59.4 Å². The zero-order valence-electron chi connectivity index (χ0n) is 18.4. The quantitative estimate of drug-likeness (QED) is 0.287. The standard InChI is InChI=1S/C25H30F2N2O4/c26-25(27,18-8-4-3-5-9-18)17-33-15-7-2-1-6-14-28-16-22(31)19-10-12-21(30)24-20(19)11-13-23(32)29-24/h3-5,8-13,22,28,30-31H,1-2,6-7,14-17H2,(H,29,32). The molecule has 0 fully saturated rings. The number of aromatic nitrogens is 1. The van der Waals surface area contributed by atoms with Crippen LogP contribution in [0, 0.1) is 0 Å². The summed E-state index contributed by atoms with van der Waals surface area (Å²) in [6.07, 6.45) is 2.60. The minimum atomic E-state index is -2.98. The maximum atomic E-state index is 14.0. The number of unbranched alkanes of at least 4 members (excludes halogenated alkanes) is 3. The van der Waals surface area contributed by atoms with Crippen LogP contribution in [-0.4, -0.2) is 41.5 Å². The molecule has 3 rings (SSSR count). The van der Waals surface area contributed by atoms with Gasteiger partial charge >= 0.3 is 0 Å². The number of aliphatic hydroxyl groups excluding tert-OH is 1. The molecule has 8 heteroatoms. The third-order valence-corrected chi connectivity index (χ3v) is 5.48. The van der Waals surface area contributed by atoms with Gasteiger partial charge in [-0.2, -0.15) is 8.78 Å². The van der Waals surface area contributed by atoms with Gasteiger partial charge in [0.25, 0.3) is 5.92 Å². The molecule has 4 N–H and O–H groups in total. The number of pyridine rings is 1. The molecule has 0 aliphatic heterocycles. The van der Waals surface area contributed by atoms with Gasteiger partial charge in [0.05, 0.1) is 11.6 Å². The topological polar surface area (TPSA) is 94.6 Å². The summed E-state index contributed by atoms with van der Waals surface area (Å²) in [6, 6.07) is 13.7. The number of phenols is 1. The van der Waals surface area contributed by atoms with E-state index in [9.17, 15) is 23.8 Å². The number of H-pyrrole nitrogens is 1. The molecular weight excluding hydrogens is 430 g/mol. The van der Waals surface area contributed by atoms with Gasteiger partial charge in [0.15, 0.2) is 0 Å². The summed E-state index contributed by atoms with van der Waals surface area (Å²) in [5, 5.41) is 24.2. The van der Waals surface area contributed by atoms with Crippen LogP contribution in [0.25, 0.3) is 10.9 Å². The van der Waals surface area contributed by atoms with Crippen LogP contribution in [0.3, 0.4) is 0 Å². The molecule has 1 aromatic heterocycles. The molecule has 0 radical (unpaired) electrons. The van der Waals surface area contributed by atoms with Crippen LogP contribution in [0.1, 0.15) is 42.9 Å². The van der Waals surface area contributed by atoms with E-state index < -0.39 is 18.6 Å². The van der Waals surface area contributed by atoms with E-state index in [4.69, 9.17) is 4.74 Å². The zero-order chi connectivity index (χ0) is 23.7. The van der Waals surface area contributed by atoms with E-state index >= 15 is 0 Å². The van der Waals surface area contributed by atoms with Crippen LogP contribution >= 0.6 is 0 Å². The van der Waals surface area contributed by atoms with Crippen molar-refractivity contribution in [3.63, 3.8) is 0 Å². The molecule has 0 spiro atoms. The summed E-state index contributed by atoms with van der Waals surface area (Å²) in [4.78, 5) is 14.1. The Balaban J connectivity index is 1.29. The molecule has 0 bridgehead atoms. The number of phenolic OH excluding ortho intramolecular Hbond substituents is 1. The van der Waals surface area contributed by atoms with Gasteiger partial charge in [-0.3, -0.25) is 4.79 Å². The summed E-state index contributed by atoms with van der Waals surface area (Å²) in [7, 11) is 0. The van der Waals surface area contributed by atoms with Crippen molar-refractivity contribution in [3.8, 4) is 5.75 Å². The van der Waals surface area contributed by atoms with Crippen LogP contribution in [0.5, 0.6) is 5.75 Å². The molecule has 178 valence electrons. The summed E-state index contributed by atoms with van der Waals surface area (Å²) in [6.45, 7) is 0.717. The number of aromatic hydroxyl groups is 1. The Kier molecular flexibility index (Phi) is 8.94. The molecule has 0 saturated carbocycles. The summed E-state index contributed by atoms with van der Waals surface area (Å²) in [5.41, 5.74) is 0.573. The normalized spacial score (nSPS) is 12.8. The molecule has 6 nitrogen and oxygen atoms in total. The fourth-order valence-corrected chi connectivity index (χ4v) is 3.67. The Morgan fingerprint density at radius 2 is 1.76 bits per heavy atom. The van der Waals surface area contributed by atoms with E-state index in [1.54, 1.807) is 30.3 Å². The predicted molar refractivity (Wildman–Crippen MR) is 124 cm³/mol. The molecule has 33 heavy (non-hydrogen) atoms. The highest BCUT2D eigenvalue weighted by Crippen LogP contribution is 2.29. The first-order valence-corrected chi connectivity index (χ1v) is 11.1. The van der Waals surface area contributed by atoms with Gasteiger partial charge in [-0.05, 0) is 37.1 Å². The Bertz CT molecular complexity index is 1070. The van der Waals surface area contributed by atoms with Crippen LogP contribution in [0.2, 0.25) is 0 Å². The molecule has 2 aromatic carbocycles. The molecule has 1 unspecified atom stereocenters. The third kappa shape index (κ3) is 7.08. The number of rotatable bonds is 13. The molecule has 0 aliphatic rings. The van der Waals surface area contributed by atoms with Crippen molar-refractivity contribution in [2.24, 2.45) is 0 Å². The number of fused-ring (bicyclic) bond motifs is 1. The van der Waals surface area contributed by atoms with Gasteiger partial charge < -0.3 is 25.3 Å². The highest BCUT2D eigenvalue weighted by Gasteiger charge is 2.31. The van der Waals surface area contributed by atoms with Crippen LogP contribution in [0.4, 0.5) is 8.78 Å².